The minimum atomic E-state index is -0.498. The van der Waals surface area contributed by atoms with Crippen LogP contribution in [0.4, 0.5) is 17.2 Å². The monoisotopic (exact) mass is 376 g/mol. The molecule has 142 valence electrons. The number of pyridine rings is 1. The molecular weight excluding hydrogens is 356 g/mol. The first-order valence-electron chi connectivity index (χ1n) is 8.79. The molecule has 0 unspecified atom stereocenters. The van der Waals surface area contributed by atoms with Crippen LogP contribution in [0.15, 0.2) is 66.7 Å². The Morgan fingerprint density at radius 1 is 1.07 bits per heavy atom. The highest BCUT2D eigenvalue weighted by molar-refractivity contribution is 6.04. The summed E-state index contributed by atoms with van der Waals surface area (Å²) in [4.78, 5) is 27.7. The number of nitro groups is 1. The standard InChI is InChI=1S/C21H20N4O3/c1-14-7-6-10-20(22-14)24-21(26)17-11-12-18(19(13-17)25(27)28)23-15(2)16-8-4-3-5-9-16/h3-13,15,23H,1-2H3,(H,22,24,26)/t15-/m0/s1. The molecule has 0 fully saturated rings. The molecular formula is C21H20N4O3. The average molecular weight is 376 g/mol. The Morgan fingerprint density at radius 3 is 2.50 bits per heavy atom. The third kappa shape index (κ3) is 4.50. The van der Waals surface area contributed by atoms with Gasteiger partial charge < -0.3 is 10.6 Å². The number of benzene rings is 2. The van der Waals surface area contributed by atoms with Gasteiger partial charge in [-0.15, -0.1) is 0 Å². The van der Waals surface area contributed by atoms with E-state index < -0.39 is 10.8 Å². The number of nitrogens with zero attached hydrogens (tertiary/aromatic N) is 2. The van der Waals surface area contributed by atoms with Crippen molar-refractivity contribution in [1.82, 2.24) is 4.98 Å². The second-order valence-corrected chi connectivity index (χ2v) is 6.38. The minimum Gasteiger partial charge on any atom is -0.373 e. The molecule has 28 heavy (non-hydrogen) atoms. The van der Waals surface area contributed by atoms with Gasteiger partial charge in [0.05, 0.1) is 4.92 Å². The van der Waals surface area contributed by atoms with Gasteiger partial charge in [0.2, 0.25) is 0 Å². The van der Waals surface area contributed by atoms with Crippen molar-refractivity contribution in [2.45, 2.75) is 19.9 Å². The number of hydrogen-bond donors (Lipinski definition) is 2. The quantitative estimate of drug-likeness (QED) is 0.479. The summed E-state index contributed by atoms with van der Waals surface area (Å²) in [5.74, 6) is -0.0589. The molecule has 0 aliphatic heterocycles. The Morgan fingerprint density at radius 2 is 1.82 bits per heavy atom. The summed E-state index contributed by atoms with van der Waals surface area (Å²) in [5.41, 5.74) is 2.15. The number of hydrogen-bond acceptors (Lipinski definition) is 5. The number of nitrogens with one attached hydrogen (secondary N) is 2. The molecule has 7 nitrogen and oxygen atoms in total. The zero-order valence-electron chi connectivity index (χ0n) is 15.5. The smallest absolute Gasteiger partial charge is 0.293 e. The predicted octanol–water partition coefficient (Wildman–Crippen LogP) is 4.72. The number of aromatic nitrogens is 1. The second kappa shape index (κ2) is 8.30. The molecule has 1 amide bonds. The highest BCUT2D eigenvalue weighted by Gasteiger charge is 2.19. The number of anilines is 2. The van der Waals surface area contributed by atoms with E-state index in [1.807, 2.05) is 50.2 Å². The molecule has 0 radical (unpaired) electrons. The molecule has 0 saturated carbocycles. The molecule has 0 spiro atoms. The average Bonchev–Trinajstić information content (AvgIpc) is 2.68. The van der Waals surface area contributed by atoms with Gasteiger partial charge in [-0.3, -0.25) is 14.9 Å². The fourth-order valence-electron chi connectivity index (χ4n) is 2.81. The molecule has 0 aliphatic rings. The first-order chi connectivity index (χ1) is 13.4. The minimum absolute atomic E-state index is 0.129. The summed E-state index contributed by atoms with van der Waals surface area (Å²) in [7, 11) is 0. The molecule has 7 heteroatoms. The second-order valence-electron chi connectivity index (χ2n) is 6.38. The van der Waals surface area contributed by atoms with Crippen LogP contribution in [-0.4, -0.2) is 15.8 Å². The molecule has 1 aromatic heterocycles. The van der Waals surface area contributed by atoms with Crippen LogP contribution >= 0.6 is 0 Å². The maximum Gasteiger partial charge on any atom is 0.293 e. The molecule has 0 aliphatic carbocycles. The number of carbonyl (C=O) groups excluding carboxylic acids is 1. The van der Waals surface area contributed by atoms with E-state index in [4.69, 9.17) is 0 Å². The van der Waals surface area contributed by atoms with Gasteiger partial charge in [-0.1, -0.05) is 36.4 Å². The first kappa shape index (κ1) is 19.0. The van der Waals surface area contributed by atoms with Crippen molar-refractivity contribution in [2.75, 3.05) is 10.6 Å². The summed E-state index contributed by atoms with van der Waals surface area (Å²) < 4.78 is 0. The van der Waals surface area contributed by atoms with Gasteiger partial charge in [0.25, 0.3) is 11.6 Å². The van der Waals surface area contributed by atoms with E-state index in [1.54, 1.807) is 24.3 Å². The lowest BCUT2D eigenvalue weighted by atomic mass is 10.1. The van der Waals surface area contributed by atoms with Gasteiger partial charge in [0.1, 0.15) is 11.5 Å². The number of aryl methyl sites for hydroxylation is 1. The third-order valence-corrected chi connectivity index (χ3v) is 4.26. The molecule has 1 atom stereocenters. The van der Waals surface area contributed by atoms with Crippen LogP contribution < -0.4 is 10.6 Å². The maximum absolute atomic E-state index is 12.5. The first-order valence-corrected chi connectivity index (χ1v) is 8.79. The lowest BCUT2D eigenvalue weighted by molar-refractivity contribution is -0.384. The Bertz CT molecular complexity index is 1010. The van der Waals surface area contributed by atoms with Crippen molar-refractivity contribution in [2.24, 2.45) is 0 Å². The van der Waals surface area contributed by atoms with Gasteiger partial charge in [0, 0.05) is 23.4 Å². The van der Waals surface area contributed by atoms with Gasteiger partial charge in [0.15, 0.2) is 0 Å². The van der Waals surface area contributed by atoms with Crippen LogP contribution in [0.25, 0.3) is 0 Å². The largest absolute Gasteiger partial charge is 0.373 e. The Hall–Kier alpha value is -3.74. The van der Waals surface area contributed by atoms with Gasteiger partial charge in [-0.05, 0) is 43.7 Å². The maximum atomic E-state index is 12.5. The summed E-state index contributed by atoms with van der Waals surface area (Å²) >= 11 is 0. The van der Waals surface area contributed by atoms with Crippen LogP contribution in [0.5, 0.6) is 0 Å². The fourth-order valence-corrected chi connectivity index (χ4v) is 2.81. The topological polar surface area (TPSA) is 97.2 Å². The van der Waals surface area contributed by atoms with Gasteiger partial charge in [-0.2, -0.15) is 0 Å². The molecule has 3 aromatic rings. The summed E-state index contributed by atoms with van der Waals surface area (Å²) in [6.45, 7) is 3.73. The number of nitro benzene ring substituents is 1. The number of amides is 1. The molecule has 1 heterocycles. The van der Waals surface area contributed by atoms with Crippen molar-refractivity contribution < 1.29 is 9.72 Å². The summed E-state index contributed by atoms with van der Waals surface area (Å²) in [6, 6.07) is 19.1. The highest BCUT2D eigenvalue weighted by atomic mass is 16.6. The van der Waals surface area contributed by atoms with Crippen molar-refractivity contribution in [3.05, 3.63) is 93.7 Å². The van der Waals surface area contributed by atoms with E-state index in [9.17, 15) is 14.9 Å². The van der Waals surface area contributed by atoms with Crippen molar-refractivity contribution >= 4 is 23.1 Å². The van der Waals surface area contributed by atoms with Gasteiger partial charge in [-0.25, -0.2) is 4.98 Å². The zero-order chi connectivity index (χ0) is 20.1. The molecule has 2 aromatic carbocycles. The number of carbonyl (C=O) groups is 1. The SMILES string of the molecule is Cc1cccc(NC(=O)c2ccc(N[C@@H](C)c3ccccc3)c([N+](=O)[O-])c2)n1. The summed E-state index contributed by atoms with van der Waals surface area (Å²) in [6.07, 6.45) is 0. The van der Waals surface area contributed by atoms with E-state index in [2.05, 4.69) is 15.6 Å². The van der Waals surface area contributed by atoms with E-state index in [0.29, 0.717) is 11.5 Å². The van der Waals surface area contributed by atoms with Crippen LogP contribution in [0.3, 0.4) is 0 Å². The van der Waals surface area contributed by atoms with E-state index in [-0.39, 0.29) is 17.3 Å². The van der Waals surface area contributed by atoms with E-state index >= 15 is 0 Å². The van der Waals surface area contributed by atoms with Crippen LogP contribution in [0.1, 0.15) is 34.6 Å². The van der Waals surface area contributed by atoms with Crippen molar-refractivity contribution in [3.63, 3.8) is 0 Å². The number of rotatable bonds is 6. The Balaban J connectivity index is 1.82. The van der Waals surface area contributed by atoms with Crippen molar-refractivity contribution in [1.29, 1.82) is 0 Å². The third-order valence-electron chi connectivity index (χ3n) is 4.26. The molecule has 0 bridgehead atoms. The summed E-state index contributed by atoms with van der Waals surface area (Å²) in [5, 5.41) is 17.3. The Labute approximate surface area is 162 Å². The van der Waals surface area contributed by atoms with E-state index in [0.717, 1.165) is 11.3 Å². The molecule has 2 N–H and O–H groups in total. The van der Waals surface area contributed by atoms with Crippen LogP contribution in [0, 0.1) is 17.0 Å². The predicted molar refractivity (Wildman–Crippen MR) is 109 cm³/mol. The van der Waals surface area contributed by atoms with E-state index in [1.165, 1.54) is 6.07 Å². The van der Waals surface area contributed by atoms with Crippen LogP contribution in [-0.2, 0) is 0 Å². The lowest BCUT2D eigenvalue weighted by Gasteiger charge is -2.16. The molecule has 3 rings (SSSR count). The zero-order valence-corrected chi connectivity index (χ0v) is 15.5. The lowest BCUT2D eigenvalue weighted by Crippen LogP contribution is -2.14. The highest BCUT2D eigenvalue weighted by Crippen LogP contribution is 2.29. The molecule has 0 saturated heterocycles. The normalized spacial score (nSPS) is 11.5. The Kier molecular flexibility index (Phi) is 5.64. The van der Waals surface area contributed by atoms with Crippen molar-refractivity contribution in [3.8, 4) is 0 Å². The fraction of sp³-hybridized carbons (Fsp3) is 0.143. The van der Waals surface area contributed by atoms with Crippen LogP contribution in [0.2, 0.25) is 0 Å². The van der Waals surface area contributed by atoms with Gasteiger partial charge >= 0.3 is 0 Å².